The molecule has 3 aromatic rings. The van der Waals surface area contributed by atoms with Gasteiger partial charge in [0.1, 0.15) is 5.75 Å². The summed E-state index contributed by atoms with van der Waals surface area (Å²) in [6, 6.07) is 18.8. The Labute approximate surface area is 195 Å². The Kier molecular flexibility index (Phi) is 5.51. The lowest BCUT2D eigenvalue weighted by Gasteiger charge is -2.33. The first-order chi connectivity index (χ1) is 16.5. The highest BCUT2D eigenvalue weighted by Gasteiger charge is 2.33. The summed E-state index contributed by atoms with van der Waals surface area (Å²) in [6.07, 6.45) is -0.941. The van der Waals surface area contributed by atoms with Crippen molar-refractivity contribution >= 4 is 34.8 Å². The van der Waals surface area contributed by atoms with Crippen LogP contribution in [0.25, 0.3) is 0 Å². The second-order valence-electron chi connectivity index (χ2n) is 7.76. The van der Waals surface area contributed by atoms with E-state index in [-0.39, 0.29) is 24.8 Å². The SMILES string of the molecule is CC(=O)N1C[C@@H](C(=O)Nc2ccccc2C(=O)Nc2ccc3c(c2)OCO3)Oc2ccccc21. The smallest absolute Gasteiger partial charge is 0.267 e. The van der Waals surface area contributed by atoms with Crippen LogP contribution in [0.5, 0.6) is 17.2 Å². The summed E-state index contributed by atoms with van der Waals surface area (Å²) < 4.78 is 16.5. The zero-order chi connectivity index (χ0) is 23.7. The fourth-order valence-electron chi connectivity index (χ4n) is 3.85. The molecule has 2 aliphatic rings. The topological polar surface area (TPSA) is 106 Å². The first kappa shape index (κ1) is 21.3. The molecule has 0 fully saturated rings. The van der Waals surface area contributed by atoms with E-state index in [1.54, 1.807) is 66.7 Å². The molecule has 0 unspecified atom stereocenters. The summed E-state index contributed by atoms with van der Waals surface area (Å²) in [5, 5.41) is 5.58. The minimum absolute atomic E-state index is 0.0593. The van der Waals surface area contributed by atoms with Crippen molar-refractivity contribution in [2.75, 3.05) is 28.9 Å². The van der Waals surface area contributed by atoms with Crippen LogP contribution in [0.2, 0.25) is 0 Å². The van der Waals surface area contributed by atoms with Gasteiger partial charge in [-0.15, -0.1) is 0 Å². The molecule has 3 amide bonds. The van der Waals surface area contributed by atoms with Crippen LogP contribution in [0.4, 0.5) is 17.1 Å². The Morgan fingerprint density at radius 2 is 1.65 bits per heavy atom. The molecular formula is C25H21N3O6. The number of carbonyl (C=O) groups is 3. The average Bonchev–Trinajstić information content (AvgIpc) is 3.31. The van der Waals surface area contributed by atoms with Gasteiger partial charge in [-0.05, 0) is 36.4 Å². The highest BCUT2D eigenvalue weighted by Crippen LogP contribution is 2.35. The molecule has 0 radical (unpaired) electrons. The summed E-state index contributed by atoms with van der Waals surface area (Å²) in [7, 11) is 0. The Balaban J connectivity index is 1.33. The third kappa shape index (κ3) is 4.11. The van der Waals surface area contributed by atoms with E-state index in [9.17, 15) is 14.4 Å². The van der Waals surface area contributed by atoms with Crippen molar-refractivity contribution in [3.05, 3.63) is 72.3 Å². The van der Waals surface area contributed by atoms with Crippen molar-refractivity contribution < 1.29 is 28.6 Å². The molecular weight excluding hydrogens is 438 g/mol. The number of rotatable bonds is 4. The lowest BCUT2D eigenvalue weighted by atomic mass is 10.1. The molecule has 34 heavy (non-hydrogen) atoms. The summed E-state index contributed by atoms with van der Waals surface area (Å²) in [4.78, 5) is 39.7. The number of ether oxygens (including phenoxy) is 3. The number of hydrogen-bond acceptors (Lipinski definition) is 6. The average molecular weight is 459 g/mol. The molecule has 0 bridgehead atoms. The van der Waals surface area contributed by atoms with Crippen molar-refractivity contribution in [1.29, 1.82) is 0 Å². The predicted octanol–water partition coefficient (Wildman–Crippen LogP) is 3.42. The number of benzene rings is 3. The molecule has 5 rings (SSSR count). The van der Waals surface area contributed by atoms with Crippen LogP contribution in [0.1, 0.15) is 17.3 Å². The van der Waals surface area contributed by atoms with E-state index < -0.39 is 17.9 Å². The summed E-state index contributed by atoms with van der Waals surface area (Å²) in [5.74, 6) is 0.526. The largest absolute Gasteiger partial charge is 0.476 e. The molecule has 2 aliphatic heterocycles. The van der Waals surface area contributed by atoms with Crippen LogP contribution in [0.15, 0.2) is 66.7 Å². The Morgan fingerprint density at radius 3 is 2.50 bits per heavy atom. The van der Waals surface area contributed by atoms with Crippen molar-refractivity contribution in [2.24, 2.45) is 0 Å². The highest BCUT2D eigenvalue weighted by atomic mass is 16.7. The molecule has 172 valence electrons. The molecule has 1 atom stereocenters. The van der Waals surface area contributed by atoms with Crippen LogP contribution in [0.3, 0.4) is 0 Å². The van der Waals surface area contributed by atoms with E-state index in [0.29, 0.717) is 34.3 Å². The normalized spacial score (nSPS) is 15.7. The van der Waals surface area contributed by atoms with Gasteiger partial charge in [0.05, 0.1) is 23.5 Å². The molecule has 2 N–H and O–H groups in total. The Morgan fingerprint density at radius 1 is 0.882 bits per heavy atom. The van der Waals surface area contributed by atoms with E-state index >= 15 is 0 Å². The third-order valence-corrected chi connectivity index (χ3v) is 5.51. The lowest BCUT2D eigenvalue weighted by molar-refractivity contribution is -0.123. The van der Waals surface area contributed by atoms with E-state index in [1.165, 1.54) is 11.8 Å². The molecule has 0 saturated carbocycles. The van der Waals surface area contributed by atoms with E-state index in [4.69, 9.17) is 14.2 Å². The minimum atomic E-state index is -0.941. The van der Waals surface area contributed by atoms with Gasteiger partial charge < -0.3 is 29.7 Å². The third-order valence-electron chi connectivity index (χ3n) is 5.51. The molecule has 0 spiro atoms. The maximum atomic E-state index is 13.1. The number of para-hydroxylation sites is 3. The van der Waals surface area contributed by atoms with Gasteiger partial charge in [-0.25, -0.2) is 0 Å². The van der Waals surface area contributed by atoms with Gasteiger partial charge >= 0.3 is 0 Å². The zero-order valence-electron chi connectivity index (χ0n) is 18.2. The molecule has 0 saturated heterocycles. The standard InChI is InChI=1S/C25H21N3O6/c1-15(29)28-13-23(34-20-9-5-4-8-19(20)28)25(31)27-18-7-3-2-6-17(18)24(30)26-16-10-11-21-22(12-16)33-14-32-21/h2-12,23H,13-14H2,1H3,(H,26,30)(H,27,31)/t23-/m0/s1. The minimum Gasteiger partial charge on any atom is -0.476 e. The molecule has 0 aromatic heterocycles. The summed E-state index contributed by atoms with van der Waals surface area (Å²) in [6.45, 7) is 1.63. The highest BCUT2D eigenvalue weighted by molar-refractivity contribution is 6.11. The second kappa shape index (κ2) is 8.78. The monoisotopic (exact) mass is 459 g/mol. The number of fused-ring (bicyclic) bond motifs is 2. The Bertz CT molecular complexity index is 1290. The van der Waals surface area contributed by atoms with Gasteiger partial charge in [0.25, 0.3) is 11.8 Å². The maximum absolute atomic E-state index is 13.1. The van der Waals surface area contributed by atoms with Crippen molar-refractivity contribution in [3.63, 3.8) is 0 Å². The number of nitrogens with one attached hydrogen (secondary N) is 2. The van der Waals surface area contributed by atoms with Gasteiger partial charge in [-0.3, -0.25) is 14.4 Å². The quantitative estimate of drug-likeness (QED) is 0.619. The maximum Gasteiger partial charge on any atom is 0.267 e. The summed E-state index contributed by atoms with van der Waals surface area (Å²) in [5.41, 5.74) is 1.73. The number of amides is 3. The van der Waals surface area contributed by atoms with E-state index in [0.717, 1.165) is 0 Å². The van der Waals surface area contributed by atoms with Gasteiger partial charge in [-0.2, -0.15) is 0 Å². The number of anilines is 3. The number of nitrogens with zero attached hydrogens (tertiary/aromatic N) is 1. The van der Waals surface area contributed by atoms with Crippen molar-refractivity contribution in [3.8, 4) is 17.2 Å². The molecule has 2 heterocycles. The fraction of sp³-hybridized carbons (Fsp3) is 0.160. The predicted molar refractivity (Wildman–Crippen MR) is 124 cm³/mol. The second-order valence-corrected chi connectivity index (χ2v) is 7.76. The van der Waals surface area contributed by atoms with E-state index in [2.05, 4.69) is 10.6 Å². The molecule has 9 nitrogen and oxygen atoms in total. The van der Waals surface area contributed by atoms with Crippen LogP contribution < -0.4 is 29.7 Å². The molecule has 0 aliphatic carbocycles. The molecule has 9 heteroatoms. The van der Waals surface area contributed by atoms with Gasteiger partial charge in [0.2, 0.25) is 12.7 Å². The van der Waals surface area contributed by atoms with Gasteiger partial charge in [-0.1, -0.05) is 24.3 Å². The van der Waals surface area contributed by atoms with Crippen molar-refractivity contribution in [1.82, 2.24) is 0 Å². The van der Waals surface area contributed by atoms with Crippen LogP contribution in [-0.4, -0.2) is 37.2 Å². The van der Waals surface area contributed by atoms with Gasteiger partial charge in [0, 0.05) is 18.7 Å². The van der Waals surface area contributed by atoms with Crippen molar-refractivity contribution in [2.45, 2.75) is 13.0 Å². The molecule has 3 aromatic carbocycles. The Hall–Kier alpha value is -4.53. The van der Waals surface area contributed by atoms with Crippen LogP contribution in [0, 0.1) is 0 Å². The first-order valence-electron chi connectivity index (χ1n) is 10.6. The van der Waals surface area contributed by atoms with Crippen LogP contribution >= 0.6 is 0 Å². The summed E-state index contributed by atoms with van der Waals surface area (Å²) >= 11 is 0. The van der Waals surface area contributed by atoms with Gasteiger partial charge in [0.15, 0.2) is 17.6 Å². The zero-order valence-corrected chi connectivity index (χ0v) is 18.2. The lowest BCUT2D eigenvalue weighted by Crippen LogP contribution is -2.48. The number of hydrogen-bond donors (Lipinski definition) is 2. The van der Waals surface area contributed by atoms with Crippen LogP contribution in [-0.2, 0) is 9.59 Å². The first-order valence-corrected chi connectivity index (χ1v) is 10.6. The van der Waals surface area contributed by atoms with E-state index in [1.807, 2.05) is 0 Å². The number of carbonyl (C=O) groups excluding carboxylic acids is 3. The fourth-order valence-corrected chi connectivity index (χ4v) is 3.85.